The van der Waals surface area contributed by atoms with Gasteiger partial charge in [0.05, 0.1) is 12.2 Å². The number of ether oxygens (including phenoxy) is 2. The molecule has 1 saturated heterocycles. The molecule has 2 aromatic rings. The van der Waals surface area contributed by atoms with E-state index in [1.165, 1.54) is 5.56 Å². The number of benzene rings is 2. The zero-order valence-corrected chi connectivity index (χ0v) is 21.9. The average molecular weight is 507 g/mol. The minimum Gasteiger partial charge on any atom is -0.476 e. The van der Waals surface area contributed by atoms with Crippen LogP contribution in [0, 0.1) is 13.8 Å². The number of alkyl halides is 3. The molecule has 0 aromatic heterocycles. The molecular formula is C28H37F3N2O3. The van der Waals surface area contributed by atoms with E-state index < -0.39 is 17.3 Å². The highest BCUT2D eigenvalue weighted by molar-refractivity contribution is 5.79. The fourth-order valence-electron chi connectivity index (χ4n) is 4.46. The third-order valence-electron chi connectivity index (χ3n) is 6.51. The molecule has 8 heteroatoms. The first-order valence-corrected chi connectivity index (χ1v) is 12.5. The van der Waals surface area contributed by atoms with Gasteiger partial charge in [-0.2, -0.15) is 13.2 Å². The summed E-state index contributed by atoms with van der Waals surface area (Å²) in [4.78, 5) is 16.9. The van der Waals surface area contributed by atoms with Crippen molar-refractivity contribution in [2.75, 3.05) is 39.3 Å². The van der Waals surface area contributed by atoms with Crippen molar-refractivity contribution in [3.8, 4) is 5.75 Å². The van der Waals surface area contributed by atoms with Crippen molar-refractivity contribution in [2.45, 2.75) is 59.4 Å². The molecule has 5 nitrogen and oxygen atoms in total. The lowest BCUT2D eigenvalue weighted by Gasteiger charge is -2.34. The number of piperazine rings is 1. The van der Waals surface area contributed by atoms with Gasteiger partial charge in [0.25, 0.3) is 0 Å². The van der Waals surface area contributed by atoms with Crippen LogP contribution in [0.5, 0.6) is 5.75 Å². The second-order valence-electron chi connectivity index (χ2n) is 9.95. The molecule has 1 heterocycles. The van der Waals surface area contributed by atoms with Gasteiger partial charge in [-0.05, 0) is 75.4 Å². The fourth-order valence-corrected chi connectivity index (χ4v) is 4.46. The van der Waals surface area contributed by atoms with Crippen LogP contribution >= 0.6 is 0 Å². The van der Waals surface area contributed by atoms with E-state index in [4.69, 9.17) is 9.47 Å². The van der Waals surface area contributed by atoms with E-state index in [1.54, 1.807) is 32.9 Å². The zero-order chi connectivity index (χ0) is 26.5. The van der Waals surface area contributed by atoms with Crippen molar-refractivity contribution in [3.05, 3.63) is 64.2 Å². The normalized spacial score (nSPS) is 15.7. The topological polar surface area (TPSA) is 42.0 Å². The van der Waals surface area contributed by atoms with Crippen molar-refractivity contribution in [2.24, 2.45) is 0 Å². The van der Waals surface area contributed by atoms with Gasteiger partial charge in [-0.15, -0.1) is 0 Å². The van der Waals surface area contributed by atoms with E-state index >= 15 is 0 Å². The Morgan fingerprint density at radius 3 is 2.00 bits per heavy atom. The van der Waals surface area contributed by atoms with E-state index in [2.05, 4.69) is 21.9 Å². The Kier molecular flexibility index (Phi) is 9.06. The van der Waals surface area contributed by atoms with Crippen LogP contribution in [0.1, 0.15) is 48.6 Å². The summed E-state index contributed by atoms with van der Waals surface area (Å²) < 4.78 is 49.5. The Hall–Kier alpha value is -2.58. The van der Waals surface area contributed by atoms with Gasteiger partial charge in [-0.1, -0.05) is 24.3 Å². The predicted octanol–water partition coefficient (Wildman–Crippen LogP) is 5.40. The molecule has 0 spiro atoms. The van der Waals surface area contributed by atoms with Crippen molar-refractivity contribution < 1.29 is 27.4 Å². The molecule has 0 aliphatic carbocycles. The number of carbonyl (C=O) groups excluding carboxylic acids is 1. The van der Waals surface area contributed by atoms with Gasteiger partial charge >= 0.3 is 12.1 Å². The number of hydrogen-bond donors (Lipinski definition) is 0. The summed E-state index contributed by atoms with van der Waals surface area (Å²) >= 11 is 0. The predicted molar refractivity (Wildman–Crippen MR) is 134 cm³/mol. The molecule has 2 aromatic carbocycles. The van der Waals surface area contributed by atoms with E-state index in [9.17, 15) is 18.0 Å². The summed E-state index contributed by atoms with van der Waals surface area (Å²) in [7, 11) is 0. The molecule has 1 aliphatic heterocycles. The number of aryl methyl sites for hydroxylation is 2. The Balaban J connectivity index is 1.49. The number of hydrogen-bond acceptors (Lipinski definition) is 5. The molecule has 0 saturated carbocycles. The Bertz CT molecular complexity index is 1000. The average Bonchev–Trinajstić information content (AvgIpc) is 2.81. The molecule has 0 unspecified atom stereocenters. The standard InChI is InChI=1S/C28H37F3N2O3/c1-6-35-26(34)27(4,5)36-25-20(2)17-23(18-21(25)3)11-12-32-13-15-33(16-14-32)19-22-7-9-24(10-8-22)28(29,30)31/h7-10,17-18H,6,11-16,19H2,1-5H3. The van der Waals surface area contributed by atoms with Gasteiger partial charge in [0.1, 0.15) is 5.75 Å². The van der Waals surface area contributed by atoms with Gasteiger partial charge in [0.2, 0.25) is 0 Å². The summed E-state index contributed by atoms with van der Waals surface area (Å²) in [6, 6.07) is 9.68. The smallest absolute Gasteiger partial charge is 0.416 e. The molecule has 36 heavy (non-hydrogen) atoms. The maximum Gasteiger partial charge on any atom is 0.416 e. The first-order valence-electron chi connectivity index (χ1n) is 12.5. The summed E-state index contributed by atoms with van der Waals surface area (Å²) in [5.74, 6) is 0.332. The largest absolute Gasteiger partial charge is 0.476 e. The molecule has 0 amide bonds. The maximum atomic E-state index is 12.8. The van der Waals surface area contributed by atoms with Gasteiger partial charge in [0.15, 0.2) is 5.60 Å². The van der Waals surface area contributed by atoms with E-state index in [0.717, 1.165) is 68.0 Å². The molecule has 0 radical (unpaired) electrons. The summed E-state index contributed by atoms with van der Waals surface area (Å²) in [5, 5.41) is 0. The third-order valence-corrected chi connectivity index (χ3v) is 6.51. The number of carbonyl (C=O) groups is 1. The fraction of sp³-hybridized carbons (Fsp3) is 0.536. The zero-order valence-electron chi connectivity index (χ0n) is 21.9. The molecule has 0 bridgehead atoms. The SMILES string of the molecule is CCOC(=O)C(C)(C)Oc1c(C)cc(CCN2CCN(Cc3ccc(C(F)(F)F)cc3)CC2)cc1C. The highest BCUT2D eigenvalue weighted by Gasteiger charge is 2.33. The van der Waals surface area contributed by atoms with Gasteiger partial charge in [-0.3, -0.25) is 4.90 Å². The Morgan fingerprint density at radius 1 is 0.917 bits per heavy atom. The van der Waals surface area contributed by atoms with Crippen LogP contribution in [-0.4, -0.2) is 60.7 Å². The van der Waals surface area contributed by atoms with Crippen molar-refractivity contribution in [1.82, 2.24) is 9.80 Å². The minimum atomic E-state index is -4.30. The van der Waals surface area contributed by atoms with Gasteiger partial charge in [-0.25, -0.2) is 4.79 Å². The van der Waals surface area contributed by atoms with Crippen LogP contribution in [0.15, 0.2) is 36.4 Å². The highest BCUT2D eigenvalue weighted by Crippen LogP contribution is 2.30. The van der Waals surface area contributed by atoms with Crippen molar-refractivity contribution in [1.29, 1.82) is 0 Å². The third kappa shape index (κ3) is 7.46. The first kappa shape index (κ1) is 28.0. The summed E-state index contributed by atoms with van der Waals surface area (Å²) in [5.41, 5.74) is 2.43. The van der Waals surface area contributed by atoms with Crippen molar-refractivity contribution in [3.63, 3.8) is 0 Å². The molecule has 1 aliphatic rings. The van der Waals surface area contributed by atoms with Gasteiger partial charge in [0, 0.05) is 39.3 Å². The van der Waals surface area contributed by atoms with Crippen LogP contribution in [0.2, 0.25) is 0 Å². The van der Waals surface area contributed by atoms with Crippen LogP contribution in [0.3, 0.4) is 0 Å². The second-order valence-corrected chi connectivity index (χ2v) is 9.95. The maximum absolute atomic E-state index is 12.8. The monoisotopic (exact) mass is 506 g/mol. The molecule has 0 atom stereocenters. The Morgan fingerprint density at radius 2 is 1.47 bits per heavy atom. The quantitative estimate of drug-likeness (QED) is 0.426. The molecule has 0 N–H and O–H groups in total. The summed E-state index contributed by atoms with van der Waals surface area (Å²) in [6.45, 7) is 14.7. The lowest BCUT2D eigenvalue weighted by Crippen LogP contribution is -2.46. The van der Waals surface area contributed by atoms with Crippen LogP contribution in [0.25, 0.3) is 0 Å². The van der Waals surface area contributed by atoms with Crippen LogP contribution < -0.4 is 4.74 Å². The lowest BCUT2D eigenvalue weighted by molar-refractivity contribution is -0.158. The Labute approximate surface area is 212 Å². The number of halogens is 3. The lowest BCUT2D eigenvalue weighted by atomic mass is 10.0. The number of esters is 1. The second kappa shape index (κ2) is 11.6. The first-order chi connectivity index (χ1) is 16.9. The summed E-state index contributed by atoms with van der Waals surface area (Å²) in [6.07, 6.45) is -3.39. The molecular weight excluding hydrogens is 469 g/mol. The number of rotatable bonds is 9. The molecule has 198 valence electrons. The minimum absolute atomic E-state index is 0.311. The van der Waals surface area contributed by atoms with E-state index in [1.807, 2.05) is 13.8 Å². The molecule has 3 rings (SSSR count). The van der Waals surface area contributed by atoms with Crippen LogP contribution in [0.4, 0.5) is 13.2 Å². The van der Waals surface area contributed by atoms with E-state index in [-0.39, 0.29) is 5.97 Å². The highest BCUT2D eigenvalue weighted by atomic mass is 19.4. The molecule has 1 fully saturated rings. The van der Waals surface area contributed by atoms with Gasteiger partial charge < -0.3 is 14.4 Å². The van der Waals surface area contributed by atoms with Crippen LogP contribution in [-0.2, 0) is 28.7 Å². The number of nitrogens with zero attached hydrogens (tertiary/aromatic N) is 2. The van der Waals surface area contributed by atoms with Crippen molar-refractivity contribution >= 4 is 5.97 Å². The van der Waals surface area contributed by atoms with E-state index in [0.29, 0.717) is 18.9 Å².